The van der Waals surface area contributed by atoms with Crippen molar-refractivity contribution in [2.75, 3.05) is 6.79 Å². The standard InChI is InChI=1S/C19H18O4/c1-11-3-5-16(19-14(20)7-12(2)18(11)19)21-9-13-4-6-15-17(8-13)23-10-22-15/h3-6,8,12H,7,9-10H2,1-2H3. The summed E-state index contributed by atoms with van der Waals surface area (Å²) in [5, 5.41) is 0. The molecule has 0 aromatic heterocycles. The number of hydrogen-bond acceptors (Lipinski definition) is 4. The molecule has 1 heterocycles. The molecule has 1 atom stereocenters. The van der Waals surface area contributed by atoms with Crippen LogP contribution in [0.15, 0.2) is 30.3 Å². The fourth-order valence-electron chi connectivity index (χ4n) is 3.42. The Morgan fingerprint density at radius 3 is 2.87 bits per heavy atom. The normalized spacial score (nSPS) is 18.2. The van der Waals surface area contributed by atoms with Crippen LogP contribution < -0.4 is 14.2 Å². The molecule has 2 aromatic rings. The molecule has 1 aliphatic carbocycles. The molecular formula is C19H18O4. The van der Waals surface area contributed by atoms with Crippen LogP contribution in [0.4, 0.5) is 0 Å². The molecular weight excluding hydrogens is 292 g/mol. The van der Waals surface area contributed by atoms with E-state index < -0.39 is 0 Å². The highest BCUT2D eigenvalue weighted by Crippen LogP contribution is 2.40. The summed E-state index contributed by atoms with van der Waals surface area (Å²) in [5.74, 6) is 2.63. The van der Waals surface area contributed by atoms with E-state index in [1.807, 2.05) is 30.3 Å². The molecule has 0 radical (unpaired) electrons. The summed E-state index contributed by atoms with van der Waals surface area (Å²) >= 11 is 0. The Morgan fingerprint density at radius 1 is 1.17 bits per heavy atom. The molecule has 0 amide bonds. The average Bonchev–Trinajstić information content (AvgIpc) is 3.11. The summed E-state index contributed by atoms with van der Waals surface area (Å²) in [6, 6.07) is 9.68. The van der Waals surface area contributed by atoms with Crippen molar-refractivity contribution in [2.24, 2.45) is 0 Å². The second-order valence-electron chi connectivity index (χ2n) is 6.17. The van der Waals surface area contributed by atoms with Crippen molar-refractivity contribution in [1.82, 2.24) is 0 Å². The molecule has 0 bridgehead atoms. The van der Waals surface area contributed by atoms with Crippen LogP contribution in [-0.2, 0) is 6.61 Å². The zero-order valence-electron chi connectivity index (χ0n) is 13.2. The SMILES string of the molecule is Cc1ccc(OCc2ccc3c(c2)OCO3)c2c1C(C)CC2=O. The molecule has 0 saturated heterocycles. The van der Waals surface area contributed by atoms with E-state index in [9.17, 15) is 4.79 Å². The number of aryl methyl sites for hydroxylation is 1. The number of fused-ring (bicyclic) bond motifs is 2. The van der Waals surface area contributed by atoms with Crippen LogP contribution in [0.2, 0.25) is 0 Å². The molecule has 1 aliphatic heterocycles. The fraction of sp³-hybridized carbons (Fsp3) is 0.316. The topological polar surface area (TPSA) is 44.8 Å². The summed E-state index contributed by atoms with van der Waals surface area (Å²) in [6.45, 7) is 4.80. The van der Waals surface area contributed by atoms with Gasteiger partial charge in [-0.2, -0.15) is 0 Å². The lowest BCUT2D eigenvalue weighted by molar-refractivity contribution is 0.0986. The fourth-order valence-corrected chi connectivity index (χ4v) is 3.42. The lowest BCUT2D eigenvalue weighted by Gasteiger charge is -2.13. The summed E-state index contributed by atoms with van der Waals surface area (Å²) in [7, 11) is 0. The van der Waals surface area contributed by atoms with Crippen LogP contribution in [0.5, 0.6) is 17.2 Å². The van der Waals surface area contributed by atoms with E-state index >= 15 is 0 Å². The summed E-state index contributed by atoms with van der Waals surface area (Å²) in [4.78, 5) is 12.3. The van der Waals surface area contributed by atoms with Crippen molar-refractivity contribution in [3.63, 3.8) is 0 Å². The number of rotatable bonds is 3. The van der Waals surface area contributed by atoms with Gasteiger partial charge in [0, 0.05) is 6.42 Å². The van der Waals surface area contributed by atoms with Gasteiger partial charge in [0.15, 0.2) is 17.3 Å². The smallest absolute Gasteiger partial charge is 0.231 e. The third kappa shape index (κ3) is 2.34. The molecule has 0 saturated carbocycles. The molecule has 0 N–H and O–H groups in total. The second kappa shape index (κ2) is 5.30. The highest BCUT2D eigenvalue weighted by molar-refractivity contribution is 6.04. The Hall–Kier alpha value is -2.49. The lowest BCUT2D eigenvalue weighted by atomic mass is 9.97. The van der Waals surface area contributed by atoms with E-state index in [0.717, 1.165) is 33.8 Å². The second-order valence-corrected chi connectivity index (χ2v) is 6.17. The Labute approximate surface area is 135 Å². The van der Waals surface area contributed by atoms with Gasteiger partial charge in [0.25, 0.3) is 0 Å². The molecule has 2 aromatic carbocycles. The number of benzene rings is 2. The number of ketones is 1. The van der Waals surface area contributed by atoms with Crippen molar-refractivity contribution < 1.29 is 19.0 Å². The van der Waals surface area contributed by atoms with Crippen LogP contribution in [0.3, 0.4) is 0 Å². The van der Waals surface area contributed by atoms with E-state index in [0.29, 0.717) is 18.8 Å². The Kier molecular flexibility index (Phi) is 3.26. The van der Waals surface area contributed by atoms with Crippen molar-refractivity contribution in [3.8, 4) is 17.2 Å². The number of hydrogen-bond donors (Lipinski definition) is 0. The minimum atomic E-state index is 0.178. The highest BCUT2D eigenvalue weighted by Gasteiger charge is 2.31. The van der Waals surface area contributed by atoms with Crippen molar-refractivity contribution >= 4 is 5.78 Å². The largest absolute Gasteiger partial charge is 0.488 e. The summed E-state index contributed by atoms with van der Waals surface area (Å²) in [6.07, 6.45) is 0.570. The highest BCUT2D eigenvalue weighted by atomic mass is 16.7. The van der Waals surface area contributed by atoms with Crippen molar-refractivity contribution in [3.05, 3.63) is 52.6 Å². The van der Waals surface area contributed by atoms with Gasteiger partial charge in [-0.25, -0.2) is 0 Å². The maximum atomic E-state index is 12.3. The molecule has 0 spiro atoms. The molecule has 118 valence electrons. The average molecular weight is 310 g/mol. The van der Waals surface area contributed by atoms with E-state index in [-0.39, 0.29) is 18.5 Å². The minimum absolute atomic E-state index is 0.178. The predicted molar refractivity (Wildman–Crippen MR) is 85.4 cm³/mol. The zero-order valence-corrected chi connectivity index (χ0v) is 13.2. The van der Waals surface area contributed by atoms with Gasteiger partial charge in [0.1, 0.15) is 12.4 Å². The molecule has 4 nitrogen and oxygen atoms in total. The van der Waals surface area contributed by atoms with Crippen LogP contribution in [0.1, 0.15) is 46.3 Å². The zero-order chi connectivity index (χ0) is 16.0. The molecule has 23 heavy (non-hydrogen) atoms. The Balaban J connectivity index is 1.60. The first-order valence-corrected chi connectivity index (χ1v) is 7.81. The quantitative estimate of drug-likeness (QED) is 0.860. The minimum Gasteiger partial charge on any atom is -0.488 e. The van der Waals surface area contributed by atoms with E-state index in [4.69, 9.17) is 14.2 Å². The summed E-state index contributed by atoms with van der Waals surface area (Å²) in [5.41, 5.74) is 4.05. The Bertz CT molecular complexity index is 794. The van der Waals surface area contributed by atoms with Gasteiger partial charge in [0.05, 0.1) is 5.56 Å². The van der Waals surface area contributed by atoms with Crippen molar-refractivity contribution in [1.29, 1.82) is 0 Å². The van der Waals surface area contributed by atoms with Gasteiger partial charge >= 0.3 is 0 Å². The first-order chi connectivity index (χ1) is 11.1. The van der Waals surface area contributed by atoms with Crippen molar-refractivity contribution in [2.45, 2.75) is 32.8 Å². The Morgan fingerprint density at radius 2 is 2.00 bits per heavy atom. The van der Waals surface area contributed by atoms with E-state index in [2.05, 4.69) is 13.8 Å². The van der Waals surface area contributed by atoms with Crippen LogP contribution in [0, 0.1) is 6.92 Å². The van der Waals surface area contributed by atoms with E-state index in [1.54, 1.807) is 0 Å². The molecule has 4 rings (SSSR count). The van der Waals surface area contributed by atoms with Gasteiger partial charge in [-0.1, -0.05) is 19.1 Å². The molecule has 1 unspecified atom stereocenters. The first-order valence-electron chi connectivity index (χ1n) is 7.81. The summed E-state index contributed by atoms with van der Waals surface area (Å²) < 4.78 is 16.6. The maximum absolute atomic E-state index is 12.3. The third-order valence-corrected chi connectivity index (χ3v) is 4.52. The molecule has 4 heteroatoms. The third-order valence-electron chi connectivity index (χ3n) is 4.52. The number of Topliss-reactive ketones (excluding diaryl/α,β-unsaturated/α-hetero) is 1. The van der Waals surface area contributed by atoms with Crippen LogP contribution in [-0.4, -0.2) is 12.6 Å². The maximum Gasteiger partial charge on any atom is 0.231 e. The van der Waals surface area contributed by atoms with Crippen LogP contribution in [0.25, 0.3) is 0 Å². The first kappa shape index (κ1) is 14.1. The number of carbonyl (C=O) groups is 1. The number of ether oxygens (including phenoxy) is 3. The van der Waals surface area contributed by atoms with Gasteiger partial charge in [-0.15, -0.1) is 0 Å². The number of carbonyl (C=O) groups excluding carboxylic acids is 1. The van der Waals surface area contributed by atoms with Gasteiger partial charge in [0.2, 0.25) is 6.79 Å². The molecule has 2 aliphatic rings. The lowest BCUT2D eigenvalue weighted by Crippen LogP contribution is -2.02. The monoisotopic (exact) mass is 310 g/mol. The van der Waals surface area contributed by atoms with E-state index in [1.165, 1.54) is 0 Å². The van der Waals surface area contributed by atoms with Crippen LogP contribution >= 0.6 is 0 Å². The van der Waals surface area contributed by atoms with Gasteiger partial charge in [-0.3, -0.25) is 4.79 Å². The molecule has 0 fully saturated rings. The predicted octanol–water partition coefficient (Wildman–Crippen LogP) is 3.99. The van der Waals surface area contributed by atoms with Gasteiger partial charge < -0.3 is 14.2 Å². The van der Waals surface area contributed by atoms with Gasteiger partial charge in [-0.05, 0) is 47.7 Å².